The molecule has 1 fully saturated rings. The van der Waals surface area contributed by atoms with Crippen molar-refractivity contribution in [3.63, 3.8) is 0 Å². The van der Waals surface area contributed by atoms with Crippen molar-refractivity contribution < 1.29 is 9.53 Å². The Morgan fingerprint density at radius 3 is 2.76 bits per heavy atom. The summed E-state index contributed by atoms with van der Waals surface area (Å²) in [5.74, 6) is 0.995. The Morgan fingerprint density at radius 1 is 1.43 bits per heavy atom. The van der Waals surface area contributed by atoms with Crippen LogP contribution in [0.25, 0.3) is 0 Å². The van der Waals surface area contributed by atoms with Crippen LogP contribution in [0.5, 0.6) is 5.75 Å². The third-order valence-corrected chi connectivity index (χ3v) is 3.71. The van der Waals surface area contributed by atoms with E-state index in [0.717, 1.165) is 31.6 Å². The lowest BCUT2D eigenvalue weighted by molar-refractivity contribution is -0.131. The minimum Gasteiger partial charge on any atom is -0.494 e. The summed E-state index contributed by atoms with van der Waals surface area (Å²) >= 11 is 5.81. The second kappa shape index (κ2) is 9.13. The van der Waals surface area contributed by atoms with Gasteiger partial charge in [-0.2, -0.15) is 0 Å². The van der Waals surface area contributed by atoms with Crippen molar-refractivity contribution in [1.29, 1.82) is 0 Å². The Hall–Kier alpha value is -0.970. The maximum absolute atomic E-state index is 12.1. The number of rotatable bonds is 6. The van der Waals surface area contributed by atoms with Gasteiger partial charge in [0.05, 0.1) is 12.6 Å². The molecule has 1 aromatic rings. The lowest BCUT2D eigenvalue weighted by atomic mass is 10.2. The fourth-order valence-corrected chi connectivity index (χ4v) is 2.42. The van der Waals surface area contributed by atoms with Crippen LogP contribution < -0.4 is 10.1 Å². The first-order valence-corrected chi connectivity index (χ1v) is 7.41. The highest BCUT2D eigenvalue weighted by molar-refractivity contribution is 6.30. The Bertz CT molecular complexity index is 434. The Labute approximate surface area is 137 Å². The zero-order chi connectivity index (χ0) is 14.4. The number of ether oxygens (including phenoxy) is 1. The van der Waals surface area contributed by atoms with Gasteiger partial charge in [-0.25, -0.2) is 0 Å². The van der Waals surface area contributed by atoms with Gasteiger partial charge >= 0.3 is 0 Å². The average Bonchev–Trinajstić information content (AvgIpc) is 2.98. The van der Waals surface area contributed by atoms with Crippen molar-refractivity contribution in [3.8, 4) is 5.75 Å². The first-order valence-electron chi connectivity index (χ1n) is 7.03. The van der Waals surface area contributed by atoms with Crippen LogP contribution in [0, 0.1) is 0 Å². The van der Waals surface area contributed by atoms with Crippen LogP contribution in [-0.2, 0) is 4.79 Å². The molecule has 6 heteroatoms. The standard InChI is InChI=1S/C15H21ClN2O2.ClH/c1-18(15(19)14-4-2-9-17-14)10-3-11-20-13-7-5-12(16)6-8-13;/h5-8,14,17H,2-4,9-11H2,1H3;1H. The van der Waals surface area contributed by atoms with E-state index < -0.39 is 0 Å². The molecule has 1 unspecified atom stereocenters. The number of nitrogens with zero attached hydrogens (tertiary/aromatic N) is 1. The van der Waals surface area contributed by atoms with E-state index in [9.17, 15) is 4.79 Å². The molecule has 118 valence electrons. The summed E-state index contributed by atoms with van der Waals surface area (Å²) in [6, 6.07) is 7.31. The predicted molar refractivity (Wildman–Crippen MR) is 87.5 cm³/mol. The third kappa shape index (κ3) is 5.73. The van der Waals surface area contributed by atoms with Gasteiger partial charge in [0.15, 0.2) is 0 Å². The zero-order valence-corrected chi connectivity index (χ0v) is 13.8. The Kier molecular flexibility index (Phi) is 7.86. The van der Waals surface area contributed by atoms with Crippen LogP contribution in [0.1, 0.15) is 19.3 Å². The van der Waals surface area contributed by atoms with E-state index in [2.05, 4.69) is 5.32 Å². The van der Waals surface area contributed by atoms with Crippen LogP contribution in [0.3, 0.4) is 0 Å². The molecule has 1 aliphatic rings. The topological polar surface area (TPSA) is 41.6 Å². The van der Waals surface area contributed by atoms with Gasteiger partial charge in [0.2, 0.25) is 5.91 Å². The molecule has 0 aliphatic carbocycles. The minimum atomic E-state index is 0. The van der Waals surface area contributed by atoms with E-state index in [4.69, 9.17) is 16.3 Å². The molecule has 1 heterocycles. The van der Waals surface area contributed by atoms with Crippen molar-refractivity contribution in [2.24, 2.45) is 0 Å². The fraction of sp³-hybridized carbons (Fsp3) is 0.533. The number of likely N-dealkylation sites (N-methyl/N-ethyl adjacent to an activating group) is 1. The lowest BCUT2D eigenvalue weighted by Crippen LogP contribution is -2.42. The monoisotopic (exact) mass is 332 g/mol. The highest BCUT2D eigenvalue weighted by Gasteiger charge is 2.24. The molecular formula is C15H22Cl2N2O2. The average molecular weight is 333 g/mol. The van der Waals surface area contributed by atoms with Crippen LogP contribution in [-0.4, -0.2) is 43.6 Å². The second-order valence-electron chi connectivity index (χ2n) is 5.06. The predicted octanol–water partition coefficient (Wildman–Crippen LogP) is 2.74. The maximum atomic E-state index is 12.1. The van der Waals surface area contributed by atoms with Gasteiger partial charge in [-0.1, -0.05) is 11.6 Å². The van der Waals surface area contributed by atoms with Crippen LogP contribution in [0.4, 0.5) is 0 Å². The van der Waals surface area contributed by atoms with E-state index in [1.54, 1.807) is 17.0 Å². The molecule has 0 aromatic heterocycles. The summed E-state index contributed by atoms with van der Waals surface area (Å²) in [7, 11) is 1.85. The molecule has 0 spiro atoms. The molecule has 2 rings (SSSR count). The quantitative estimate of drug-likeness (QED) is 0.814. The highest BCUT2D eigenvalue weighted by atomic mass is 35.5. The largest absolute Gasteiger partial charge is 0.494 e. The minimum absolute atomic E-state index is 0. The van der Waals surface area contributed by atoms with Crippen molar-refractivity contribution in [3.05, 3.63) is 29.3 Å². The molecular weight excluding hydrogens is 311 g/mol. The Morgan fingerprint density at radius 2 is 2.14 bits per heavy atom. The van der Waals surface area contributed by atoms with Crippen LogP contribution >= 0.6 is 24.0 Å². The summed E-state index contributed by atoms with van der Waals surface area (Å²) < 4.78 is 5.60. The van der Waals surface area contributed by atoms with E-state index in [0.29, 0.717) is 18.2 Å². The molecule has 21 heavy (non-hydrogen) atoms. The fourth-order valence-electron chi connectivity index (χ4n) is 2.29. The number of carbonyl (C=O) groups excluding carboxylic acids is 1. The zero-order valence-electron chi connectivity index (χ0n) is 12.2. The van der Waals surface area contributed by atoms with Gasteiger partial charge in [-0.3, -0.25) is 4.79 Å². The van der Waals surface area contributed by atoms with Crippen LogP contribution in [0.2, 0.25) is 5.02 Å². The van der Waals surface area contributed by atoms with Gasteiger partial charge in [0, 0.05) is 18.6 Å². The molecule has 1 atom stereocenters. The smallest absolute Gasteiger partial charge is 0.239 e. The summed E-state index contributed by atoms with van der Waals surface area (Å²) in [6.07, 6.45) is 2.85. The number of benzene rings is 1. The van der Waals surface area contributed by atoms with Gasteiger partial charge in [0.1, 0.15) is 5.75 Å². The van der Waals surface area contributed by atoms with Crippen molar-refractivity contribution in [2.45, 2.75) is 25.3 Å². The molecule has 1 saturated heterocycles. The first kappa shape index (κ1) is 18.1. The van der Waals surface area contributed by atoms with Crippen LogP contribution in [0.15, 0.2) is 24.3 Å². The SMILES string of the molecule is CN(CCCOc1ccc(Cl)cc1)C(=O)C1CCCN1.Cl. The highest BCUT2D eigenvalue weighted by Crippen LogP contribution is 2.15. The first-order chi connectivity index (χ1) is 9.66. The van der Waals surface area contributed by atoms with Gasteiger partial charge < -0.3 is 15.0 Å². The van der Waals surface area contributed by atoms with Gasteiger partial charge in [0.25, 0.3) is 0 Å². The molecule has 0 bridgehead atoms. The second-order valence-corrected chi connectivity index (χ2v) is 5.50. The number of halogens is 2. The number of hydrogen-bond acceptors (Lipinski definition) is 3. The number of hydrogen-bond donors (Lipinski definition) is 1. The van der Waals surface area contributed by atoms with E-state index in [1.165, 1.54) is 0 Å². The van der Waals surface area contributed by atoms with Crippen molar-refractivity contribution >= 4 is 29.9 Å². The summed E-state index contributed by atoms with van der Waals surface area (Å²) in [5.41, 5.74) is 0. The maximum Gasteiger partial charge on any atom is 0.239 e. The number of nitrogens with one attached hydrogen (secondary N) is 1. The molecule has 1 amide bonds. The molecule has 4 nitrogen and oxygen atoms in total. The summed E-state index contributed by atoms with van der Waals surface area (Å²) in [5, 5.41) is 3.92. The molecule has 1 N–H and O–H groups in total. The summed E-state index contributed by atoms with van der Waals surface area (Å²) in [6.45, 7) is 2.26. The third-order valence-electron chi connectivity index (χ3n) is 3.45. The summed E-state index contributed by atoms with van der Waals surface area (Å²) in [4.78, 5) is 13.8. The van der Waals surface area contributed by atoms with Crippen molar-refractivity contribution in [2.75, 3.05) is 26.7 Å². The van der Waals surface area contributed by atoms with E-state index in [1.807, 2.05) is 19.2 Å². The van der Waals surface area contributed by atoms with Crippen molar-refractivity contribution in [1.82, 2.24) is 10.2 Å². The lowest BCUT2D eigenvalue weighted by Gasteiger charge is -2.21. The van der Waals surface area contributed by atoms with E-state index in [-0.39, 0.29) is 24.4 Å². The number of carbonyl (C=O) groups is 1. The molecule has 0 radical (unpaired) electrons. The molecule has 1 aliphatic heterocycles. The normalized spacial score (nSPS) is 17.1. The Balaban J connectivity index is 0.00000220. The molecule has 0 saturated carbocycles. The van der Waals surface area contributed by atoms with Gasteiger partial charge in [-0.05, 0) is 50.1 Å². The van der Waals surface area contributed by atoms with Gasteiger partial charge in [-0.15, -0.1) is 12.4 Å². The number of amides is 1. The van der Waals surface area contributed by atoms with E-state index >= 15 is 0 Å². The molecule has 1 aromatic carbocycles.